The fraction of sp³-hybridized carbons (Fsp3) is 0. The molecule has 0 bridgehead atoms. The molecule has 0 aliphatic heterocycles. The summed E-state index contributed by atoms with van der Waals surface area (Å²) in [5.74, 6) is 0. The molecule has 0 rings (SSSR count). The van der Waals surface area contributed by atoms with Crippen LogP contribution in [0.4, 0.5) is 0 Å². The first-order valence-corrected chi connectivity index (χ1v) is 38.0. The van der Waals surface area contributed by atoms with Gasteiger partial charge in [-0.3, -0.25) is 49.1 Å². The van der Waals surface area contributed by atoms with E-state index in [2.05, 4.69) is 0 Å². The first-order valence-electron chi connectivity index (χ1n) is 12.7. The maximum absolute atomic E-state index is 8.74. The topological polar surface area (TPSA) is 1200 Å². The molecule has 0 unspecified atom stereocenters. The van der Waals surface area contributed by atoms with E-state index >= 15 is 0 Å². The molecular weight excluding hydrogens is 1940 g/mol. The van der Waals surface area contributed by atoms with E-state index < -0.39 is 183 Å². The maximum atomic E-state index is 8.74. The van der Waals surface area contributed by atoms with Gasteiger partial charge < -0.3 is 232 Å². The van der Waals surface area contributed by atoms with E-state index in [1.54, 1.807) is 0 Å². The molecule has 98 heavy (non-hydrogen) atoms. The van der Waals surface area contributed by atoms with E-state index in [-0.39, 0.29) is 532 Å². The Hall–Kier alpha value is 10.3. The summed E-state index contributed by atoms with van der Waals surface area (Å²) in [6, 6.07) is 0. The van der Waals surface area contributed by atoms with Crippen LogP contribution in [0.1, 0.15) is 0 Å². The van der Waals surface area contributed by atoms with E-state index in [0.29, 0.717) is 0 Å². The summed E-state index contributed by atoms with van der Waals surface area (Å²) in [5, 5.41) is 0. The van der Waals surface area contributed by atoms with Crippen LogP contribution in [0.2, 0.25) is 0 Å². The first-order chi connectivity index (χ1) is 34.6. The van der Waals surface area contributed by atoms with Crippen LogP contribution in [-0.2, 0) is 89.2 Å². The van der Waals surface area contributed by atoms with Gasteiger partial charge >= 0.3 is 633 Å². The SMILES string of the molecule is O=[Si](O)O.O=[Si](O)O.O=[Si](O)O.O=[Si](O)O.O=[Si](O)O.O=[Si](O)O.O=[Si](O)O.O=[Si](O)O.O=[Si](O)O.O=[Si](O)O.O=[Si](O)O.O=[Si]([O-])[O-].O=[Si]([O-])[O-].O=[Si]([O-])[O-].O=[Si]([O-])[O-].O=[Si]([O-])[O-].O=[Si]([O-])[O-].O=[Si]([O-])[O-].O=[Si]([O-])[O-].O=[Si]([O-])[O-].[Na+].[Na+].[Na+].[Na+].[Na+].[Na+].[Na+].[Na+].[Na+].[Na+].[Na+].[Na+].[Na+].[Na+].[Na+].[Na+].[Na+].[Na+]. The Morgan fingerprint density at radius 3 is 0.102 bits per heavy atom. The Morgan fingerprint density at radius 2 is 0.102 bits per heavy atom. The average Bonchev–Trinajstić information content (AvgIpc) is 2.99. The van der Waals surface area contributed by atoms with Gasteiger partial charge in [0, 0.05) is 82.5 Å². The van der Waals surface area contributed by atoms with Crippen molar-refractivity contribution in [2.45, 2.75) is 0 Å². The number of hydrogen-bond acceptors (Lipinski definition) is 38. The third-order valence-corrected chi connectivity index (χ3v) is 0. The summed E-state index contributed by atoms with van der Waals surface area (Å²) in [4.78, 5) is 311. The fourth-order valence-corrected chi connectivity index (χ4v) is 0. The Balaban J connectivity index is -0.0000000106. The van der Waals surface area contributed by atoms with Crippen LogP contribution in [0.25, 0.3) is 0 Å². The Bertz CT molecular complexity index is 1110. The van der Waals surface area contributed by atoms with Crippen molar-refractivity contribution in [3.05, 3.63) is 0 Å². The second kappa shape index (κ2) is 245. The van der Waals surface area contributed by atoms with Crippen LogP contribution < -0.4 is 618 Å². The minimum atomic E-state index is -3.63. The van der Waals surface area contributed by atoms with Gasteiger partial charge in [0.05, 0.1) is 0 Å². The Labute approximate surface area is 974 Å². The molecule has 0 aliphatic rings. The van der Waals surface area contributed by atoms with Gasteiger partial charge in [-0.25, -0.2) is 0 Å². The third-order valence-electron chi connectivity index (χ3n) is 0. The number of hydrogen-bond donors (Lipinski definition) is 22. The zero-order chi connectivity index (χ0) is 71.5. The molecule has 480 valence electrons. The van der Waals surface area contributed by atoms with Crippen LogP contribution >= 0.6 is 0 Å². The number of rotatable bonds is 0. The minimum absolute atomic E-state index is 0. The molecule has 0 aromatic heterocycles. The van der Waals surface area contributed by atoms with Crippen molar-refractivity contribution < 1.29 is 813 Å². The first kappa shape index (κ1) is 252. The molecule has 0 aromatic carbocycles. The van der Waals surface area contributed by atoms with Gasteiger partial charge in [-0.15, -0.1) is 0 Å². The van der Waals surface area contributed by atoms with E-state index in [4.69, 9.17) is 281 Å². The van der Waals surface area contributed by atoms with Crippen molar-refractivity contribution in [3.8, 4) is 0 Å². The molecule has 0 aliphatic carbocycles. The molecular formula is H22Na18O60Si20. The van der Waals surface area contributed by atoms with Crippen LogP contribution in [-0.4, -0.2) is 289 Å². The van der Waals surface area contributed by atoms with Gasteiger partial charge in [0.1, 0.15) is 0 Å². The van der Waals surface area contributed by atoms with E-state index in [0.717, 1.165) is 0 Å². The normalized spacial score (nSPS) is 4.90. The van der Waals surface area contributed by atoms with Crippen LogP contribution in [0.5, 0.6) is 0 Å². The summed E-state index contributed by atoms with van der Waals surface area (Å²) in [6.45, 7) is 0. The quantitative estimate of drug-likeness (QED) is 0.100. The van der Waals surface area contributed by atoms with Gasteiger partial charge in [0.2, 0.25) is 0 Å². The van der Waals surface area contributed by atoms with Gasteiger partial charge in [0.15, 0.2) is 0 Å². The average molecular weight is 1960 g/mol. The summed E-state index contributed by atoms with van der Waals surface area (Å²) < 4.78 is 173. The summed E-state index contributed by atoms with van der Waals surface area (Å²) >= 11 is 0. The Kier molecular flexibility index (Phi) is 632. The smallest absolute Gasteiger partial charge is 0.672 e. The van der Waals surface area contributed by atoms with E-state index in [1.165, 1.54) is 0 Å². The molecule has 0 heterocycles. The van der Waals surface area contributed by atoms with Crippen molar-refractivity contribution >= 4 is 183 Å². The third kappa shape index (κ3) is 11000. The van der Waals surface area contributed by atoms with Gasteiger partial charge in [-0.2, -0.15) is 0 Å². The van der Waals surface area contributed by atoms with Crippen molar-refractivity contribution in [3.63, 3.8) is 0 Å². The Morgan fingerprint density at radius 1 is 0.102 bits per heavy atom. The largest absolute Gasteiger partial charge is 1.00 e. The standard InChI is InChI=1S/18Na.11H2O3Si.9O3Si/c;;;;;;;;;;;;;;;;;;20*1-4(2)3/h;;;;;;;;;;;;;;;;;;11*1-2H;;;;;;;;;/q18*+1;;;;;;;;;;;;9*-2. The predicted octanol–water partition coefficient (Wildman–Crippen LogP) is -97.6. The second-order valence-corrected chi connectivity index (χ2v) is 16.1. The maximum Gasteiger partial charge on any atom is 1.00 e. The minimum Gasteiger partial charge on any atom is -0.672 e. The van der Waals surface area contributed by atoms with Crippen molar-refractivity contribution in [1.29, 1.82) is 0 Å². The van der Waals surface area contributed by atoms with Gasteiger partial charge in [-0.1, -0.05) is 0 Å². The van der Waals surface area contributed by atoms with Crippen molar-refractivity contribution in [2.24, 2.45) is 0 Å². The summed E-state index contributed by atoms with van der Waals surface area (Å²) in [7, 11) is -67.1. The molecule has 0 atom stereocenters. The predicted molar refractivity (Wildman–Crippen MR) is 178 cm³/mol. The molecule has 60 nitrogen and oxygen atoms in total. The summed E-state index contributed by atoms with van der Waals surface area (Å²) in [6.07, 6.45) is 0. The van der Waals surface area contributed by atoms with Crippen molar-refractivity contribution in [2.75, 3.05) is 0 Å². The second-order valence-electron chi connectivity index (χ2n) is 5.36. The van der Waals surface area contributed by atoms with Crippen LogP contribution in [0, 0.1) is 0 Å². The van der Waals surface area contributed by atoms with Gasteiger partial charge in [-0.05, 0) is 0 Å². The molecule has 0 spiro atoms. The monoisotopic (exact) mass is 1960 g/mol. The van der Waals surface area contributed by atoms with Gasteiger partial charge in [0.25, 0.3) is 0 Å². The van der Waals surface area contributed by atoms with E-state index in [1.807, 2.05) is 0 Å². The molecule has 0 aromatic rings. The van der Waals surface area contributed by atoms with Crippen molar-refractivity contribution in [1.82, 2.24) is 0 Å². The molecule has 0 saturated carbocycles. The molecule has 0 saturated heterocycles. The van der Waals surface area contributed by atoms with Crippen LogP contribution in [0.15, 0.2) is 0 Å². The van der Waals surface area contributed by atoms with Crippen LogP contribution in [0.3, 0.4) is 0 Å². The molecule has 0 amide bonds. The van der Waals surface area contributed by atoms with E-state index in [9.17, 15) is 0 Å². The zero-order valence-corrected chi connectivity index (χ0v) is 109. The summed E-state index contributed by atoms with van der Waals surface area (Å²) in [5.41, 5.74) is 0. The fourth-order valence-electron chi connectivity index (χ4n) is 0. The molecule has 0 fully saturated rings. The molecule has 22 N–H and O–H groups in total. The molecule has 98 heteroatoms. The molecule has 0 radical (unpaired) electrons. The zero-order valence-electron chi connectivity index (χ0n) is 53.4.